The van der Waals surface area contributed by atoms with Crippen LogP contribution in [0.5, 0.6) is 0 Å². The van der Waals surface area contributed by atoms with Gasteiger partial charge in [-0.15, -0.1) is 0 Å². The van der Waals surface area contributed by atoms with E-state index in [0.717, 1.165) is 12.8 Å². The van der Waals surface area contributed by atoms with Gasteiger partial charge in [0.1, 0.15) is 0 Å². The summed E-state index contributed by atoms with van der Waals surface area (Å²) >= 11 is 0. The van der Waals surface area contributed by atoms with Gasteiger partial charge in [-0.05, 0) is 170 Å². The third kappa shape index (κ3) is 5.68. The molecule has 0 bridgehead atoms. The van der Waals surface area contributed by atoms with E-state index >= 15 is 0 Å². The molecule has 0 nitrogen and oxygen atoms in total. The molecule has 0 aromatic heterocycles. The Balaban J connectivity index is 0.945. The van der Waals surface area contributed by atoms with Crippen molar-refractivity contribution in [2.24, 2.45) is 0 Å². The van der Waals surface area contributed by atoms with Crippen molar-refractivity contribution in [3.8, 4) is 66.8 Å². The van der Waals surface area contributed by atoms with Crippen LogP contribution in [0, 0.1) is 0 Å². The summed E-state index contributed by atoms with van der Waals surface area (Å²) in [5, 5.41) is 5.12. The van der Waals surface area contributed by atoms with Gasteiger partial charge in [0.05, 0.1) is 0 Å². The van der Waals surface area contributed by atoms with E-state index in [1.54, 1.807) is 0 Å². The molecule has 71 heavy (non-hydrogen) atoms. The smallest absolute Gasteiger partial charge is 0.0461 e. The lowest BCUT2D eigenvalue weighted by molar-refractivity contribution is 0.609. The average molecular weight is 907 g/mol. The highest BCUT2D eigenvalue weighted by Crippen LogP contribution is 2.59. The molecule has 0 heterocycles. The third-order valence-corrected chi connectivity index (χ3v) is 17.4. The van der Waals surface area contributed by atoms with Gasteiger partial charge >= 0.3 is 0 Å². The zero-order valence-electron chi connectivity index (χ0n) is 40.9. The topological polar surface area (TPSA) is 0 Å². The van der Waals surface area contributed by atoms with Gasteiger partial charge in [-0.2, -0.15) is 0 Å². The molecule has 3 aliphatic rings. The number of fused-ring (bicyclic) bond motifs is 11. The Labute approximate surface area is 418 Å². The lowest BCUT2D eigenvalue weighted by atomic mass is 9.69. The van der Waals surface area contributed by atoms with Gasteiger partial charge in [-0.3, -0.25) is 0 Å². The Kier molecular flexibility index (Phi) is 9.12. The van der Waals surface area contributed by atoms with E-state index in [1.165, 1.54) is 133 Å². The van der Waals surface area contributed by atoms with Crippen molar-refractivity contribution in [1.29, 1.82) is 0 Å². The van der Waals surface area contributed by atoms with Crippen LogP contribution in [-0.4, -0.2) is 0 Å². The minimum atomic E-state index is -0.359. The van der Waals surface area contributed by atoms with E-state index in [4.69, 9.17) is 0 Å². The first-order chi connectivity index (χ1) is 34.9. The predicted octanol–water partition coefficient (Wildman–Crippen LogP) is 18.7. The second-order valence-electron chi connectivity index (χ2n) is 20.8. The minimum Gasteiger partial charge on any atom is -0.0639 e. The highest BCUT2D eigenvalue weighted by Gasteiger charge is 2.46. The average Bonchev–Trinajstić information content (AvgIpc) is 3.98. The normalized spacial score (nSPS) is 17.6. The van der Waals surface area contributed by atoms with Crippen LogP contribution in [0.4, 0.5) is 0 Å². The van der Waals surface area contributed by atoms with Crippen molar-refractivity contribution in [3.05, 3.63) is 275 Å². The molecule has 11 aromatic rings. The van der Waals surface area contributed by atoms with Gasteiger partial charge < -0.3 is 0 Å². The van der Waals surface area contributed by atoms with E-state index < -0.39 is 0 Å². The Bertz CT molecular complexity index is 3930. The summed E-state index contributed by atoms with van der Waals surface area (Å²) in [7, 11) is 0. The first kappa shape index (κ1) is 41.9. The number of hydrogen-bond donors (Lipinski definition) is 0. The van der Waals surface area contributed by atoms with Crippen molar-refractivity contribution >= 4 is 21.5 Å². The van der Waals surface area contributed by atoms with Gasteiger partial charge in [0, 0.05) is 16.2 Å². The molecule has 0 saturated carbocycles. The van der Waals surface area contributed by atoms with Crippen molar-refractivity contribution in [3.63, 3.8) is 0 Å². The van der Waals surface area contributed by atoms with Crippen LogP contribution in [0.3, 0.4) is 0 Å². The summed E-state index contributed by atoms with van der Waals surface area (Å²) in [4.78, 5) is 0. The molecule has 0 amide bonds. The fourth-order valence-corrected chi connectivity index (χ4v) is 14.1. The monoisotopic (exact) mass is 906 g/mol. The second-order valence-corrected chi connectivity index (χ2v) is 20.8. The van der Waals surface area contributed by atoms with E-state index in [9.17, 15) is 0 Å². The quantitative estimate of drug-likeness (QED) is 0.140. The van der Waals surface area contributed by atoms with Gasteiger partial charge in [-0.1, -0.05) is 234 Å². The summed E-state index contributed by atoms with van der Waals surface area (Å²) in [6.45, 7) is 9.52. The van der Waals surface area contributed by atoms with E-state index in [-0.39, 0.29) is 16.2 Å². The van der Waals surface area contributed by atoms with Crippen molar-refractivity contribution in [1.82, 2.24) is 0 Å². The lowest BCUT2D eigenvalue weighted by Gasteiger charge is -2.33. The highest BCUT2D eigenvalue weighted by atomic mass is 14.5. The van der Waals surface area contributed by atoms with Crippen molar-refractivity contribution < 1.29 is 0 Å². The third-order valence-electron chi connectivity index (χ3n) is 17.4. The number of rotatable bonds is 7. The summed E-state index contributed by atoms with van der Waals surface area (Å²) < 4.78 is 0. The van der Waals surface area contributed by atoms with Gasteiger partial charge in [0.25, 0.3) is 0 Å². The molecule has 2 unspecified atom stereocenters. The second kappa shape index (κ2) is 15.5. The zero-order chi connectivity index (χ0) is 47.6. The molecule has 0 radical (unpaired) electrons. The Morgan fingerprint density at radius 1 is 0.268 bits per heavy atom. The molecule has 2 atom stereocenters. The summed E-state index contributed by atoms with van der Waals surface area (Å²) in [5.41, 5.74) is 26.1. The van der Waals surface area contributed by atoms with Crippen LogP contribution in [0.2, 0.25) is 0 Å². The SMILES string of the molecule is CCC1(c2ccccc2)c2ccccc2-c2ccc(-c3ccc4c(c3)C(CC)(c3ccccc3)c3cc(-c5c6ccccc6c(-c6ccc7c(c6)C(C)(C)c6ccccc6-7)c6ccccc56)ccc3-4)cc21. The maximum atomic E-state index is 2.57. The first-order valence-electron chi connectivity index (χ1n) is 25.7. The molecule has 14 rings (SSSR count). The van der Waals surface area contributed by atoms with Gasteiger partial charge in [0.15, 0.2) is 0 Å². The van der Waals surface area contributed by atoms with Crippen LogP contribution >= 0.6 is 0 Å². The van der Waals surface area contributed by atoms with Crippen molar-refractivity contribution in [2.45, 2.75) is 56.8 Å². The predicted molar refractivity (Wildman–Crippen MR) is 299 cm³/mol. The molecule has 3 aliphatic carbocycles. The lowest BCUT2D eigenvalue weighted by Crippen LogP contribution is -2.26. The van der Waals surface area contributed by atoms with Crippen molar-refractivity contribution in [2.75, 3.05) is 0 Å². The largest absolute Gasteiger partial charge is 0.0639 e. The summed E-state index contributed by atoms with van der Waals surface area (Å²) in [6.07, 6.45) is 1.91. The van der Waals surface area contributed by atoms with E-state index in [2.05, 4.69) is 258 Å². The first-order valence-corrected chi connectivity index (χ1v) is 25.7. The Morgan fingerprint density at radius 2 is 0.577 bits per heavy atom. The zero-order valence-corrected chi connectivity index (χ0v) is 40.9. The fourth-order valence-electron chi connectivity index (χ4n) is 14.1. The molecule has 0 saturated heterocycles. The fraction of sp³-hybridized carbons (Fsp3) is 0.127. The van der Waals surface area contributed by atoms with Gasteiger partial charge in [-0.25, -0.2) is 0 Å². The molecule has 0 spiro atoms. The maximum absolute atomic E-state index is 2.57. The molecule has 0 N–H and O–H groups in total. The molecule has 338 valence electrons. The van der Waals surface area contributed by atoms with Crippen LogP contribution < -0.4 is 0 Å². The summed E-state index contributed by atoms with van der Waals surface area (Å²) in [6, 6.07) is 88.1. The summed E-state index contributed by atoms with van der Waals surface area (Å²) in [5.74, 6) is 0. The van der Waals surface area contributed by atoms with Gasteiger partial charge in [0.2, 0.25) is 0 Å². The Morgan fingerprint density at radius 3 is 1.03 bits per heavy atom. The van der Waals surface area contributed by atoms with E-state index in [0.29, 0.717) is 0 Å². The molecule has 11 aromatic carbocycles. The molecular weight excluding hydrogens is 853 g/mol. The molecule has 0 heteroatoms. The molecular formula is C71H54. The van der Waals surface area contributed by atoms with E-state index in [1.807, 2.05) is 0 Å². The van der Waals surface area contributed by atoms with Crippen LogP contribution in [0.1, 0.15) is 85.0 Å². The minimum absolute atomic E-state index is 0.0855. The number of hydrogen-bond acceptors (Lipinski definition) is 0. The Hall–Kier alpha value is -8.06. The standard InChI is InChI=1S/C71H54/c1-5-70(49-21-9-7-10-22-49)62-32-20-18-26-52(62)54-37-33-45(41-64(54)70)46-34-38-55-56-40-36-48(44-66(56)71(6-2,65(55)42-46)50-23-11-8-12-24-50)68-59-29-15-13-27-57(59)67(58-28-14-16-30-60(58)68)47-35-39-53-51-25-17-19-31-61(51)69(3,4)63(53)43-47/h7-44H,5-6H2,1-4H3. The number of benzene rings is 11. The molecule has 0 fully saturated rings. The highest BCUT2D eigenvalue weighted by molar-refractivity contribution is 6.21. The van der Waals surface area contributed by atoms with Crippen LogP contribution in [-0.2, 0) is 16.2 Å². The molecule has 0 aliphatic heterocycles. The van der Waals surface area contributed by atoms with Crippen LogP contribution in [0.25, 0.3) is 88.3 Å². The maximum Gasteiger partial charge on any atom is 0.0461 e. The van der Waals surface area contributed by atoms with Crippen LogP contribution in [0.15, 0.2) is 231 Å².